The molecule has 162 valence electrons. The van der Waals surface area contributed by atoms with Gasteiger partial charge in [-0.2, -0.15) is 0 Å². The smallest absolute Gasteiger partial charge is 0.260 e. The molecule has 0 amide bonds. The highest BCUT2D eigenvalue weighted by Gasteiger charge is 2.17. The maximum absolute atomic E-state index is 12.8. The summed E-state index contributed by atoms with van der Waals surface area (Å²) in [6, 6.07) is 16.9. The zero-order chi connectivity index (χ0) is 22.5. The molecule has 0 atom stereocenters. The van der Waals surface area contributed by atoms with Crippen molar-refractivity contribution in [2.24, 2.45) is 0 Å². The van der Waals surface area contributed by atoms with E-state index in [4.69, 9.17) is 4.74 Å². The van der Waals surface area contributed by atoms with Gasteiger partial charge in [-0.05, 0) is 43.5 Å². The monoisotopic (exact) mass is 445 g/mol. The number of ether oxygens (including phenoxy) is 1. The maximum atomic E-state index is 12.8. The number of nitrogens with zero attached hydrogens (tertiary/aromatic N) is 3. The molecule has 4 aromatic rings. The third-order valence-corrected chi connectivity index (χ3v) is 6.20. The van der Waals surface area contributed by atoms with Gasteiger partial charge in [-0.15, -0.1) is 0 Å². The average Bonchev–Trinajstić information content (AvgIpc) is 3.19. The van der Waals surface area contributed by atoms with E-state index < -0.39 is 0 Å². The summed E-state index contributed by atoms with van der Waals surface area (Å²) in [6.45, 7) is 4.11. The predicted octanol–water partition coefficient (Wildman–Crippen LogP) is 4.70. The van der Waals surface area contributed by atoms with Crippen molar-refractivity contribution < 1.29 is 9.53 Å². The molecule has 3 heterocycles. The van der Waals surface area contributed by atoms with Gasteiger partial charge in [0.25, 0.3) is 5.56 Å². The molecule has 0 bridgehead atoms. The van der Waals surface area contributed by atoms with Crippen LogP contribution in [-0.4, -0.2) is 20.3 Å². The number of Topliss-reactive ketones (excluding diaryl/α,β-unsaturated/α-hetero) is 1. The lowest BCUT2D eigenvalue weighted by molar-refractivity contribution is 0.0986. The van der Waals surface area contributed by atoms with Gasteiger partial charge >= 0.3 is 0 Å². The number of ketones is 1. The van der Waals surface area contributed by atoms with Gasteiger partial charge in [-0.1, -0.05) is 47.7 Å². The van der Waals surface area contributed by atoms with Crippen LogP contribution in [0.5, 0.6) is 5.75 Å². The molecular formula is C25H23N3O3S. The third-order valence-electron chi connectivity index (χ3n) is 5.00. The fourth-order valence-corrected chi connectivity index (χ4v) is 4.23. The van der Waals surface area contributed by atoms with Gasteiger partial charge in [0.1, 0.15) is 12.4 Å². The van der Waals surface area contributed by atoms with Crippen molar-refractivity contribution in [2.45, 2.75) is 33.3 Å². The Morgan fingerprint density at radius 2 is 1.88 bits per heavy atom. The molecule has 0 N–H and O–H groups in total. The summed E-state index contributed by atoms with van der Waals surface area (Å²) >= 11 is 1.23. The highest BCUT2D eigenvalue weighted by molar-refractivity contribution is 7.16. The fraction of sp³-hybridized carbons (Fsp3) is 0.200. The molecule has 0 aliphatic rings. The van der Waals surface area contributed by atoms with Crippen molar-refractivity contribution in [3.8, 4) is 10.9 Å². The number of aromatic nitrogens is 3. The second-order valence-electron chi connectivity index (χ2n) is 7.49. The fourth-order valence-electron chi connectivity index (χ4n) is 3.21. The second kappa shape index (κ2) is 9.70. The summed E-state index contributed by atoms with van der Waals surface area (Å²) in [7, 11) is 0. The molecule has 4 rings (SSSR count). The summed E-state index contributed by atoms with van der Waals surface area (Å²) in [4.78, 5) is 34.7. The number of benzene rings is 1. The van der Waals surface area contributed by atoms with E-state index in [0.29, 0.717) is 40.9 Å². The van der Waals surface area contributed by atoms with Crippen molar-refractivity contribution in [3.05, 3.63) is 105 Å². The van der Waals surface area contributed by atoms with E-state index in [0.717, 1.165) is 16.8 Å². The predicted molar refractivity (Wildman–Crippen MR) is 125 cm³/mol. The van der Waals surface area contributed by atoms with E-state index in [-0.39, 0.29) is 11.3 Å². The lowest BCUT2D eigenvalue weighted by Crippen LogP contribution is -2.16. The summed E-state index contributed by atoms with van der Waals surface area (Å²) in [6.07, 6.45) is 4.42. The average molecular weight is 446 g/mol. The molecule has 0 saturated carbocycles. The first-order valence-electron chi connectivity index (χ1n) is 10.3. The number of aryl methyl sites for hydroxylation is 3. The number of carbonyl (C=O) groups excluding carboxylic acids is 1. The van der Waals surface area contributed by atoms with Gasteiger partial charge in [-0.3, -0.25) is 19.1 Å². The van der Waals surface area contributed by atoms with Crippen LogP contribution in [0.3, 0.4) is 0 Å². The molecule has 0 radical (unpaired) electrons. The largest absolute Gasteiger partial charge is 0.489 e. The minimum absolute atomic E-state index is 0.0164. The van der Waals surface area contributed by atoms with Gasteiger partial charge < -0.3 is 4.74 Å². The normalized spacial score (nSPS) is 10.8. The van der Waals surface area contributed by atoms with E-state index in [2.05, 4.69) is 9.97 Å². The molecule has 0 unspecified atom stereocenters. The molecule has 1 aromatic carbocycles. The first kappa shape index (κ1) is 21.6. The zero-order valence-electron chi connectivity index (χ0n) is 17.9. The Kier molecular flexibility index (Phi) is 6.56. The molecule has 32 heavy (non-hydrogen) atoms. The SMILES string of the molecule is Cc1ccc(CCC(=O)c2sc(-n3ccc(OCc4ccccc4)cc3=O)nc2C)cn1. The minimum Gasteiger partial charge on any atom is -0.489 e. The van der Waals surface area contributed by atoms with E-state index in [1.54, 1.807) is 25.4 Å². The Morgan fingerprint density at radius 3 is 2.59 bits per heavy atom. The standard InChI is InChI=1S/C25H23N3O3S/c1-17-8-9-19(15-26-17)10-11-22(29)24-18(2)27-25(32-24)28-13-12-21(14-23(28)30)31-16-20-6-4-3-5-7-20/h3-9,12-15H,10-11,16H2,1-2H3. The van der Waals surface area contributed by atoms with Gasteiger partial charge in [0.2, 0.25) is 0 Å². The molecule has 0 aliphatic heterocycles. The van der Waals surface area contributed by atoms with E-state index >= 15 is 0 Å². The van der Waals surface area contributed by atoms with Crippen LogP contribution in [-0.2, 0) is 13.0 Å². The van der Waals surface area contributed by atoms with Gasteiger partial charge in [0, 0.05) is 30.6 Å². The van der Waals surface area contributed by atoms with Crippen LogP contribution in [0.1, 0.15) is 38.6 Å². The van der Waals surface area contributed by atoms with Gasteiger partial charge in [0.15, 0.2) is 10.9 Å². The molecule has 0 fully saturated rings. The Labute approximate surface area is 190 Å². The van der Waals surface area contributed by atoms with Crippen molar-refractivity contribution in [1.82, 2.24) is 14.5 Å². The summed E-state index contributed by atoms with van der Waals surface area (Å²) in [5.74, 6) is 0.508. The number of rotatable bonds is 8. The molecular weight excluding hydrogens is 422 g/mol. The molecule has 0 spiro atoms. The van der Waals surface area contributed by atoms with Crippen molar-refractivity contribution in [3.63, 3.8) is 0 Å². The quantitative estimate of drug-likeness (QED) is 0.368. The Balaban J connectivity index is 1.44. The van der Waals surface area contributed by atoms with Crippen molar-refractivity contribution in [1.29, 1.82) is 0 Å². The lowest BCUT2D eigenvalue weighted by atomic mass is 10.1. The molecule has 0 aliphatic carbocycles. The lowest BCUT2D eigenvalue weighted by Gasteiger charge is -2.07. The summed E-state index contributed by atoms with van der Waals surface area (Å²) in [5, 5.41) is 0.475. The van der Waals surface area contributed by atoms with Crippen LogP contribution in [0.15, 0.2) is 71.8 Å². The van der Waals surface area contributed by atoms with Crippen molar-refractivity contribution in [2.75, 3.05) is 0 Å². The Hall–Kier alpha value is -3.58. The number of pyridine rings is 2. The van der Waals surface area contributed by atoms with Crippen LogP contribution >= 0.6 is 11.3 Å². The van der Waals surface area contributed by atoms with Crippen LogP contribution < -0.4 is 10.3 Å². The van der Waals surface area contributed by atoms with Crippen molar-refractivity contribution >= 4 is 17.1 Å². The zero-order valence-corrected chi connectivity index (χ0v) is 18.8. The van der Waals surface area contributed by atoms with E-state index in [1.807, 2.05) is 49.4 Å². The van der Waals surface area contributed by atoms with Crippen LogP contribution in [0.2, 0.25) is 0 Å². The minimum atomic E-state index is -0.256. The van der Waals surface area contributed by atoms with Crippen LogP contribution in [0.4, 0.5) is 0 Å². The Bertz CT molecular complexity index is 1280. The molecule has 3 aromatic heterocycles. The summed E-state index contributed by atoms with van der Waals surface area (Å²) < 4.78 is 7.16. The highest BCUT2D eigenvalue weighted by Crippen LogP contribution is 2.23. The van der Waals surface area contributed by atoms with E-state index in [1.165, 1.54) is 22.0 Å². The first-order chi connectivity index (χ1) is 15.5. The maximum Gasteiger partial charge on any atom is 0.260 e. The third kappa shape index (κ3) is 5.18. The van der Waals surface area contributed by atoms with Crippen LogP contribution in [0, 0.1) is 13.8 Å². The number of thiazole rings is 1. The van der Waals surface area contributed by atoms with Gasteiger partial charge in [-0.25, -0.2) is 4.98 Å². The highest BCUT2D eigenvalue weighted by atomic mass is 32.1. The number of carbonyl (C=O) groups is 1. The topological polar surface area (TPSA) is 74.1 Å². The molecule has 0 saturated heterocycles. The summed E-state index contributed by atoms with van der Waals surface area (Å²) in [5.41, 5.74) is 3.37. The first-order valence-corrected chi connectivity index (χ1v) is 11.1. The van der Waals surface area contributed by atoms with Crippen LogP contribution in [0.25, 0.3) is 5.13 Å². The van der Waals surface area contributed by atoms with E-state index in [9.17, 15) is 9.59 Å². The molecule has 7 heteroatoms. The van der Waals surface area contributed by atoms with Gasteiger partial charge in [0.05, 0.1) is 10.6 Å². The number of hydrogen-bond donors (Lipinski definition) is 0. The second-order valence-corrected chi connectivity index (χ2v) is 8.46. The number of hydrogen-bond acceptors (Lipinski definition) is 6. The molecule has 6 nitrogen and oxygen atoms in total. The Morgan fingerprint density at radius 1 is 1.06 bits per heavy atom.